The van der Waals surface area contributed by atoms with Gasteiger partial charge in [0.1, 0.15) is 0 Å². The van der Waals surface area contributed by atoms with Crippen LogP contribution in [-0.4, -0.2) is 32.5 Å². The molecular formula is C11H14FN3O4S. The van der Waals surface area contributed by atoms with Gasteiger partial charge in [0.25, 0.3) is 0 Å². The van der Waals surface area contributed by atoms with Crippen LogP contribution in [0.4, 0.5) is 10.1 Å². The van der Waals surface area contributed by atoms with E-state index in [1.165, 1.54) is 0 Å². The fourth-order valence-corrected chi connectivity index (χ4v) is 3.58. The Labute approximate surface area is 115 Å². The Morgan fingerprint density at radius 3 is 2.80 bits per heavy atom. The normalized spacial score (nSPS) is 19.8. The molecule has 110 valence electrons. The van der Waals surface area contributed by atoms with Crippen LogP contribution < -0.4 is 10.0 Å². The first-order valence-electron chi connectivity index (χ1n) is 6.08. The average molecular weight is 303 g/mol. The summed E-state index contributed by atoms with van der Waals surface area (Å²) < 4.78 is 40.2. The molecule has 1 saturated heterocycles. The van der Waals surface area contributed by atoms with E-state index < -0.39 is 31.3 Å². The van der Waals surface area contributed by atoms with E-state index in [0.29, 0.717) is 13.0 Å². The molecular weight excluding hydrogens is 289 g/mol. The first-order valence-corrected chi connectivity index (χ1v) is 7.56. The Balaban J connectivity index is 2.34. The summed E-state index contributed by atoms with van der Waals surface area (Å²) in [6.45, 7) is 1.25. The molecule has 1 aliphatic heterocycles. The lowest BCUT2D eigenvalue weighted by atomic mass is 10.1. The number of para-hydroxylation sites is 1. The van der Waals surface area contributed by atoms with Crippen molar-refractivity contribution in [1.29, 1.82) is 0 Å². The van der Waals surface area contributed by atoms with Gasteiger partial charge in [-0.05, 0) is 31.5 Å². The summed E-state index contributed by atoms with van der Waals surface area (Å²) >= 11 is 0. The minimum absolute atomic E-state index is 0.350. The van der Waals surface area contributed by atoms with Gasteiger partial charge in [-0.15, -0.1) is 0 Å². The summed E-state index contributed by atoms with van der Waals surface area (Å²) in [6, 6.07) is 2.67. The van der Waals surface area contributed by atoms with Gasteiger partial charge in [-0.25, -0.2) is 13.1 Å². The average Bonchev–Trinajstić information content (AvgIpc) is 2.38. The highest BCUT2D eigenvalue weighted by atomic mass is 32.2. The molecule has 0 radical (unpaired) electrons. The predicted octanol–water partition coefficient (Wildman–Crippen LogP) is 0.764. The smallest absolute Gasteiger partial charge is 0.315 e. The predicted molar refractivity (Wildman–Crippen MR) is 69.3 cm³/mol. The summed E-state index contributed by atoms with van der Waals surface area (Å²) in [7, 11) is -4.13. The minimum Gasteiger partial charge on any atom is -0.315 e. The van der Waals surface area contributed by atoms with Crippen molar-refractivity contribution < 1.29 is 17.7 Å². The van der Waals surface area contributed by atoms with Crippen molar-refractivity contribution >= 4 is 15.7 Å². The van der Waals surface area contributed by atoms with Crippen LogP contribution in [0.25, 0.3) is 0 Å². The Morgan fingerprint density at radius 1 is 1.45 bits per heavy atom. The summed E-state index contributed by atoms with van der Waals surface area (Å²) in [5, 5.41) is 13.9. The molecule has 1 aromatic rings. The molecule has 0 unspecified atom stereocenters. The Kier molecular flexibility index (Phi) is 4.31. The number of nitro benzene ring substituents is 1. The van der Waals surface area contributed by atoms with Gasteiger partial charge < -0.3 is 5.32 Å². The van der Waals surface area contributed by atoms with Gasteiger partial charge >= 0.3 is 5.69 Å². The van der Waals surface area contributed by atoms with Crippen molar-refractivity contribution in [2.75, 3.05) is 13.1 Å². The summed E-state index contributed by atoms with van der Waals surface area (Å²) in [5.41, 5.74) is -1.02. The first kappa shape index (κ1) is 14.8. The number of piperidine rings is 1. The molecule has 1 heterocycles. The number of halogens is 1. The molecule has 1 aliphatic rings. The molecule has 20 heavy (non-hydrogen) atoms. The summed E-state index contributed by atoms with van der Waals surface area (Å²) in [4.78, 5) is 9.17. The van der Waals surface area contributed by atoms with E-state index in [1.807, 2.05) is 0 Å². The molecule has 0 spiro atoms. The first-order chi connectivity index (χ1) is 9.42. The van der Waals surface area contributed by atoms with Gasteiger partial charge in [0.05, 0.1) is 4.92 Å². The van der Waals surface area contributed by atoms with E-state index in [-0.39, 0.29) is 6.04 Å². The SMILES string of the molecule is O=[N+]([O-])c1c(F)cccc1S(=O)(=O)N[C@H]1CCCNC1. The minimum atomic E-state index is -4.13. The van der Waals surface area contributed by atoms with Crippen molar-refractivity contribution in [3.8, 4) is 0 Å². The van der Waals surface area contributed by atoms with Crippen LogP contribution in [0.1, 0.15) is 12.8 Å². The fraction of sp³-hybridized carbons (Fsp3) is 0.455. The third-order valence-corrected chi connectivity index (χ3v) is 4.59. The van der Waals surface area contributed by atoms with Crippen molar-refractivity contribution in [2.24, 2.45) is 0 Å². The van der Waals surface area contributed by atoms with E-state index in [4.69, 9.17) is 0 Å². The molecule has 1 atom stereocenters. The topological polar surface area (TPSA) is 101 Å². The van der Waals surface area contributed by atoms with Crippen molar-refractivity contribution in [3.63, 3.8) is 0 Å². The molecule has 0 saturated carbocycles. The number of hydrogen-bond donors (Lipinski definition) is 2. The quantitative estimate of drug-likeness (QED) is 0.632. The summed E-state index contributed by atoms with van der Waals surface area (Å²) in [5.74, 6) is -1.17. The molecule has 1 fully saturated rings. The molecule has 0 amide bonds. The monoisotopic (exact) mass is 303 g/mol. The maximum absolute atomic E-state index is 13.5. The number of benzene rings is 1. The second-order valence-electron chi connectivity index (χ2n) is 4.51. The highest BCUT2D eigenvalue weighted by Crippen LogP contribution is 2.26. The van der Waals surface area contributed by atoms with Crippen LogP contribution in [0.3, 0.4) is 0 Å². The third kappa shape index (κ3) is 3.11. The molecule has 7 nitrogen and oxygen atoms in total. The second kappa shape index (κ2) is 5.81. The van der Waals surface area contributed by atoms with Crippen LogP contribution in [0, 0.1) is 15.9 Å². The molecule has 2 N–H and O–H groups in total. The zero-order valence-corrected chi connectivity index (χ0v) is 11.3. The van der Waals surface area contributed by atoms with Crippen molar-refractivity contribution in [2.45, 2.75) is 23.8 Å². The number of sulfonamides is 1. The Morgan fingerprint density at radius 2 is 2.20 bits per heavy atom. The van der Waals surface area contributed by atoms with Gasteiger partial charge in [-0.2, -0.15) is 4.39 Å². The van der Waals surface area contributed by atoms with E-state index in [9.17, 15) is 22.9 Å². The number of rotatable bonds is 4. The highest BCUT2D eigenvalue weighted by molar-refractivity contribution is 7.89. The van der Waals surface area contributed by atoms with Crippen LogP contribution >= 0.6 is 0 Å². The largest absolute Gasteiger partial charge is 0.324 e. The molecule has 9 heteroatoms. The van der Waals surface area contributed by atoms with Gasteiger partial charge in [0.2, 0.25) is 15.8 Å². The van der Waals surface area contributed by atoms with Gasteiger partial charge in [0, 0.05) is 12.6 Å². The maximum atomic E-state index is 13.5. The number of nitro groups is 1. The Bertz CT molecular complexity index is 614. The number of hydrogen-bond acceptors (Lipinski definition) is 5. The number of nitrogens with one attached hydrogen (secondary N) is 2. The van der Waals surface area contributed by atoms with Gasteiger partial charge in [-0.3, -0.25) is 10.1 Å². The maximum Gasteiger partial charge on any atom is 0.324 e. The highest BCUT2D eigenvalue weighted by Gasteiger charge is 2.31. The van der Waals surface area contributed by atoms with E-state index >= 15 is 0 Å². The van der Waals surface area contributed by atoms with Gasteiger partial charge in [0.15, 0.2) is 4.90 Å². The van der Waals surface area contributed by atoms with Crippen LogP contribution in [0.5, 0.6) is 0 Å². The molecule has 0 bridgehead atoms. The lowest BCUT2D eigenvalue weighted by Crippen LogP contribution is -2.45. The van der Waals surface area contributed by atoms with E-state index in [1.54, 1.807) is 0 Å². The summed E-state index contributed by atoms with van der Waals surface area (Å²) in [6.07, 6.45) is 1.44. The Hall–Kier alpha value is -1.58. The van der Waals surface area contributed by atoms with E-state index in [2.05, 4.69) is 10.0 Å². The second-order valence-corrected chi connectivity index (χ2v) is 6.19. The van der Waals surface area contributed by atoms with Crippen molar-refractivity contribution in [1.82, 2.24) is 10.0 Å². The zero-order chi connectivity index (χ0) is 14.8. The van der Waals surface area contributed by atoms with E-state index in [0.717, 1.165) is 31.2 Å². The molecule has 0 aromatic heterocycles. The van der Waals surface area contributed by atoms with Crippen LogP contribution in [0.15, 0.2) is 23.1 Å². The van der Waals surface area contributed by atoms with Gasteiger partial charge in [-0.1, -0.05) is 6.07 Å². The molecule has 1 aromatic carbocycles. The molecule has 2 rings (SSSR count). The number of nitrogens with zero attached hydrogens (tertiary/aromatic N) is 1. The lowest BCUT2D eigenvalue weighted by molar-refractivity contribution is -0.390. The lowest BCUT2D eigenvalue weighted by Gasteiger charge is -2.23. The van der Waals surface area contributed by atoms with Crippen LogP contribution in [0.2, 0.25) is 0 Å². The zero-order valence-electron chi connectivity index (χ0n) is 10.5. The van der Waals surface area contributed by atoms with Crippen LogP contribution in [-0.2, 0) is 10.0 Å². The van der Waals surface area contributed by atoms with Crippen molar-refractivity contribution in [3.05, 3.63) is 34.1 Å². The fourth-order valence-electron chi connectivity index (χ4n) is 2.12. The molecule has 0 aliphatic carbocycles. The third-order valence-electron chi connectivity index (χ3n) is 3.04. The standard InChI is InChI=1S/C11H14FN3O4S/c12-9-4-1-5-10(11(9)15(16)17)20(18,19)14-8-3-2-6-13-7-8/h1,4-5,8,13-14H,2-3,6-7H2/t8-/m0/s1.